The summed E-state index contributed by atoms with van der Waals surface area (Å²) in [5.74, 6) is -0.106. The molecule has 15 heavy (non-hydrogen) atoms. The number of aromatic hydroxyl groups is 1. The van der Waals surface area contributed by atoms with Gasteiger partial charge >= 0.3 is 0 Å². The van der Waals surface area contributed by atoms with E-state index in [9.17, 15) is 9.90 Å². The van der Waals surface area contributed by atoms with Crippen LogP contribution < -0.4 is 0 Å². The van der Waals surface area contributed by atoms with Crippen LogP contribution in [0.15, 0.2) is 18.2 Å². The van der Waals surface area contributed by atoms with Crippen LogP contribution >= 0.6 is 12.2 Å². The second kappa shape index (κ2) is 4.11. The van der Waals surface area contributed by atoms with Crippen molar-refractivity contribution in [3.63, 3.8) is 0 Å². The van der Waals surface area contributed by atoms with Gasteiger partial charge in [0.05, 0.1) is 5.56 Å². The number of para-hydroxylation sites is 1. The van der Waals surface area contributed by atoms with Gasteiger partial charge in [0.25, 0.3) is 0 Å². The molecule has 0 fully saturated rings. The van der Waals surface area contributed by atoms with E-state index >= 15 is 0 Å². The first-order chi connectivity index (χ1) is 6.90. The number of hydrogen-bond acceptors (Lipinski definition) is 3. The molecule has 1 rings (SSSR count). The molecule has 0 saturated carbocycles. The lowest BCUT2D eigenvalue weighted by atomic mass is 9.85. The van der Waals surface area contributed by atoms with Crippen molar-refractivity contribution >= 4 is 23.4 Å². The number of carbonyl (C=O) groups is 1. The zero-order valence-electron chi connectivity index (χ0n) is 9.07. The SMILES string of the molecule is CC(=O)c1cccc(C(C)(C)C=S)c1O. The van der Waals surface area contributed by atoms with Gasteiger partial charge in [-0.25, -0.2) is 0 Å². The molecule has 0 bridgehead atoms. The van der Waals surface area contributed by atoms with Crippen molar-refractivity contribution in [3.05, 3.63) is 29.3 Å². The van der Waals surface area contributed by atoms with Gasteiger partial charge < -0.3 is 5.11 Å². The molecule has 1 N–H and O–H groups in total. The van der Waals surface area contributed by atoms with Gasteiger partial charge in [0.1, 0.15) is 5.75 Å². The quantitative estimate of drug-likeness (QED) is 0.631. The highest BCUT2D eigenvalue weighted by molar-refractivity contribution is 7.79. The van der Waals surface area contributed by atoms with E-state index in [1.165, 1.54) is 6.92 Å². The van der Waals surface area contributed by atoms with Crippen LogP contribution in [0.4, 0.5) is 0 Å². The molecule has 80 valence electrons. The fraction of sp³-hybridized carbons (Fsp3) is 0.333. The predicted molar refractivity (Wildman–Crippen MR) is 64.8 cm³/mol. The molecule has 0 heterocycles. The van der Waals surface area contributed by atoms with Gasteiger partial charge in [-0.15, -0.1) is 0 Å². The summed E-state index contributed by atoms with van der Waals surface area (Å²) in [5, 5.41) is 11.5. The molecule has 0 aromatic heterocycles. The minimum atomic E-state index is -0.412. The van der Waals surface area contributed by atoms with Crippen LogP contribution in [0.25, 0.3) is 0 Å². The molecule has 0 amide bonds. The summed E-state index contributed by atoms with van der Waals surface area (Å²) in [4.78, 5) is 11.2. The number of Topliss-reactive ketones (excluding diaryl/α,β-unsaturated/α-hetero) is 1. The Labute approximate surface area is 94.9 Å². The highest BCUT2D eigenvalue weighted by Crippen LogP contribution is 2.32. The zero-order chi connectivity index (χ0) is 11.6. The first kappa shape index (κ1) is 11.9. The molecule has 1 aromatic carbocycles. The molecule has 1 aromatic rings. The monoisotopic (exact) mass is 222 g/mol. The second-order valence-corrected chi connectivity index (χ2v) is 4.33. The van der Waals surface area contributed by atoms with Gasteiger partial charge in [-0.05, 0) is 18.4 Å². The third-order valence-corrected chi connectivity index (χ3v) is 2.99. The van der Waals surface area contributed by atoms with Crippen molar-refractivity contribution in [2.75, 3.05) is 0 Å². The van der Waals surface area contributed by atoms with Crippen LogP contribution in [0.3, 0.4) is 0 Å². The summed E-state index contributed by atoms with van der Waals surface area (Å²) in [5.41, 5.74) is 0.618. The molecule has 0 spiro atoms. The van der Waals surface area contributed by atoms with Crippen LogP contribution in [0.5, 0.6) is 5.75 Å². The molecule has 0 saturated heterocycles. The summed E-state index contributed by atoms with van der Waals surface area (Å²) in [6.07, 6.45) is 0. The van der Waals surface area contributed by atoms with Crippen LogP contribution in [0.1, 0.15) is 36.7 Å². The zero-order valence-corrected chi connectivity index (χ0v) is 9.89. The number of thiocarbonyl (C=S) groups is 1. The largest absolute Gasteiger partial charge is 0.507 e. The number of rotatable bonds is 3. The van der Waals surface area contributed by atoms with Crippen LogP contribution in [0, 0.1) is 0 Å². The highest BCUT2D eigenvalue weighted by Gasteiger charge is 2.23. The topological polar surface area (TPSA) is 37.3 Å². The molecule has 0 aliphatic carbocycles. The van der Waals surface area contributed by atoms with E-state index in [0.717, 1.165) is 0 Å². The lowest BCUT2D eigenvalue weighted by Crippen LogP contribution is -2.18. The fourth-order valence-corrected chi connectivity index (χ4v) is 1.54. The van der Waals surface area contributed by atoms with Crippen LogP contribution in [-0.2, 0) is 5.41 Å². The lowest BCUT2D eigenvalue weighted by molar-refractivity contribution is 0.101. The van der Waals surface area contributed by atoms with E-state index in [-0.39, 0.29) is 11.5 Å². The minimum Gasteiger partial charge on any atom is -0.507 e. The van der Waals surface area contributed by atoms with Crippen molar-refractivity contribution in [3.8, 4) is 5.75 Å². The summed E-state index contributed by atoms with van der Waals surface area (Å²) >= 11 is 4.92. The Morgan fingerprint density at radius 2 is 2.07 bits per heavy atom. The molecule has 0 unspecified atom stereocenters. The second-order valence-electron chi connectivity index (χ2n) is 4.10. The molecular formula is C12H14O2S. The Kier molecular flexibility index (Phi) is 3.25. The van der Waals surface area contributed by atoms with Crippen LogP contribution in [0.2, 0.25) is 0 Å². The lowest BCUT2D eigenvalue weighted by Gasteiger charge is -2.21. The van der Waals surface area contributed by atoms with Crippen LogP contribution in [-0.4, -0.2) is 16.3 Å². The molecule has 0 radical (unpaired) electrons. The van der Waals surface area contributed by atoms with E-state index in [1.807, 2.05) is 13.8 Å². The molecular weight excluding hydrogens is 208 g/mol. The average molecular weight is 222 g/mol. The third kappa shape index (κ3) is 2.23. The van der Waals surface area contributed by atoms with Gasteiger partial charge in [-0.2, -0.15) is 0 Å². The Morgan fingerprint density at radius 1 is 1.47 bits per heavy atom. The third-order valence-electron chi connectivity index (χ3n) is 2.40. The van der Waals surface area contributed by atoms with Crippen molar-refractivity contribution in [1.29, 1.82) is 0 Å². The predicted octanol–water partition coefficient (Wildman–Crippen LogP) is 2.87. The smallest absolute Gasteiger partial charge is 0.163 e. The van der Waals surface area contributed by atoms with E-state index < -0.39 is 5.41 Å². The first-order valence-corrected chi connectivity index (χ1v) is 5.17. The van der Waals surface area contributed by atoms with Gasteiger partial charge in [0.2, 0.25) is 0 Å². The van der Waals surface area contributed by atoms with E-state index in [0.29, 0.717) is 11.1 Å². The van der Waals surface area contributed by atoms with Crippen molar-refractivity contribution in [2.45, 2.75) is 26.2 Å². The Hall–Kier alpha value is -1.22. The number of phenolic OH excluding ortho intramolecular Hbond substituents is 1. The highest BCUT2D eigenvalue weighted by atomic mass is 32.1. The maximum absolute atomic E-state index is 11.2. The molecule has 0 atom stereocenters. The number of ketones is 1. The first-order valence-electron chi connectivity index (χ1n) is 4.70. The molecule has 0 aliphatic rings. The Morgan fingerprint density at radius 3 is 2.53 bits per heavy atom. The number of phenols is 1. The fourth-order valence-electron chi connectivity index (χ4n) is 1.41. The molecule has 0 aliphatic heterocycles. The maximum Gasteiger partial charge on any atom is 0.163 e. The number of carbonyl (C=O) groups excluding carboxylic acids is 1. The Bertz CT molecular complexity index is 408. The molecule has 2 nitrogen and oxygen atoms in total. The normalized spacial score (nSPS) is 11.1. The summed E-state index contributed by atoms with van der Waals surface area (Å²) in [6.45, 7) is 5.24. The summed E-state index contributed by atoms with van der Waals surface area (Å²) < 4.78 is 0. The maximum atomic E-state index is 11.2. The number of hydrogen-bond donors (Lipinski definition) is 1. The van der Waals surface area contributed by atoms with Crippen molar-refractivity contribution in [2.24, 2.45) is 0 Å². The van der Waals surface area contributed by atoms with E-state index in [1.54, 1.807) is 23.6 Å². The average Bonchev–Trinajstić information content (AvgIpc) is 2.17. The summed E-state index contributed by atoms with van der Waals surface area (Å²) in [7, 11) is 0. The van der Waals surface area contributed by atoms with Gasteiger partial charge in [-0.1, -0.05) is 38.2 Å². The Balaban J connectivity index is 3.39. The minimum absolute atomic E-state index is 0.0381. The van der Waals surface area contributed by atoms with E-state index in [4.69, 9.17) is 12.2 Å². The molecule has 3 heteroatoms. The van der Waals surface area contributed by atoms with Gasteiger partial charge in [0, 0.05) is 11.0 Å². The van der Waals surface area contributed by atoms with Crippen molar-refractivity contribution in [1.82, 2.24) is 0 Å². The number of benzene rings is 1. The van der Waals surface area contributed by atoms with E-state index in [2.05, 4.69) is 0 Å². The van der Waals surface area contributed by atoms with Gasteiger partial charge in [-0.3, -0.25) is 4.79 Å². The van der Waals surface area contributed by atoms with Crippen molar-refractivity contribution < 1.29 is 9.90 Å². The standard InChI is InChI=1S/C12H14O2S/c1-8(13)9-5-4-6-10(11(9)14)12(2,3)7-15/h4-7,14H,1-3H3. The summed E-state index contributed by atoms with van der Waals surface area (Å²) in [6, 6.07) is 5.15. The van der Waals surface area contributed by atoms with Gasteiger partial charge in [0.15, 0.2) is 5.78 Å².